The third-order valence-electron chi connectivity index (χ3n) is 0.663. The van der Waals surface area contributed by atoms with Gasteiger partial charge in [-0.3, -0.25) is 5.41 Å². The van der Waals surface area contributed by atoms with Gasteiger partial charge in [-0.1, -0.05) is 0 Å². The molecule has 0 heterocycles. The number of hydrogen-bond acceptors (Lipinski definition) is 4. The monoisotopic (exact) mass is 133 g/mol. The zero-order chi connectivity index (χ0) is 7.98. The molecule has 0 radical (unpaired) electrons. The molecule has 0 fully saturated rings. The molecule has 0 bridgehead atoms. The number of rotatable bonds is 1. The molecule has 0 spiro atoms. The summed E-state index contributed by atoms with van der Waals surface area (Å²) in [6.07, 6.45) is 1.38. The van der Waals surface area contributed by atoms with E-state index in [9.17, 15) is 0 Å². The van der Waals surface area contributed by atoms with E-state index in [1.54, 1.807) is 11.9 Å². The summed E-state index contributed by atoms with van der Waals surface area (Å²) in [5, 5.41) is 22.6. The number of amidine groups is 1. The first kappa shape index (κ1) is 7.90. The quantitative estimate of drug-likeness (QED) is 0.218. The minimum Gasteiger partial charge on any atom is -0.381 e. The van der Waals surface area contributed by atoms with Crippen LogP contribution in [0.1, 0.15) is 0 Å². The predicted octanol–water partition coefficient (Wildman–Crippen LogP) is -0.477. The third-order valence-corrected chi connectivity index (χ3v) is 0.663. The highest BCUT2D eigenvalue weighted by Crippen LogP contribution is 1.83. The Bertz CT molecular complexity index is 280. The molecule has 0 amide bonds. The molecular formula is C5H3N5. The summed E-state index contributed by atoms with van der Waals surface area (Å²) < 4.78 is 0. The molecule has 0 aromatic rings. The molecule has 0 aliphatic carbocycles. The first-order chi connectivity index (χ1) is 4.76. The van der Waals surface area contributed by atoms with Crippen molar-refractivity contribution in [3.63, 3.8) is 0 Å². The van der Waals surface area contributed by atoms with Gasteiger partial charge >= 0.3 is 0 Å². The molecule has 0 rings (SSSR count). The van der Waals surface area contributed by atoms with Gasteiger partial charge in [0.15, 0.2) is 11.4 Å². The van der Waals surface area contributed by atoms with Crippen molar-refractivity contribution >= 4 is 11.7 Å². The molecule has 0 saturated carbocycles. The third kappa shape index (κ3) is 1.79. The van der Waals surface area contributed by atoms with Gasteiger partial charge in [-0.15, -0.1) is 0 Å². The lowest BCUT2D eigenvalue weighted by Crippen LogP contribution is -2.13. The summed E-state index contributed by atoms with van der Waals surface area (Å²) >= 11 is 0. The average Bonchev–Trinajstić information content (AvgIpc) is 1.91. The van der Waals surface area contributed by atoms with E-state index in [4.69, 9.17) is 21.7 Å². The Hall–Kier alpha value is -2.10. The van der Waals surface area contributed by atoms with Gasteiger partial charge in [0, 0.05) is 5.87 Å². The summed E-state index contributed by atoms with van der Waals surface area (Å²) in [6, 6.07) is 1.55. The molecule has 0 aliphatic rings. The van der Waals surface area contributed by atoms with E-state index in [1.807, 2.05) is 0 Å². The van der Waals surface area contributed by atoms with Crippen LogP contribution in [0.5, 0.6) is 0 Å². The van der Waals surface area contributed by atoms with Gasteiger partial charge < -0.3 is 5.73 Å². The molecule has 5 nitrogen and oxygen atoms in total. The molecule has 5 heteroatoms. The summed E-state index contributed by atoms with van der Waals surface area (Å²) in [7, 11) is 0. The predicted molar refractivity (Wildman–Crippen MR) is 34.1 cm³/mol. The maximum absolute atomic E-state index is 8.18. The van der Waals surface area contributed by atoms with Crippen LogP contribution in [0.2, 0.25) is 0 Å². The Morgan fingerprint density at radius 2 is 2.10 bits per heavy atom. The summed E-state index contributed by atoms with van der Waals surface area (Å²) in [4.78, 5) is 3.02. The maximum Gasteiger partial charge on any atom is 0.207 e. The van der Waals surface area contributed by atoms with Crippen molar-refractivity contribution < 1.29 is 0 Å². The van der Waals surface area contributed by atoms with E-state index in [0.29, 0.717) is 0 Å². The lowest BCUT2D eigenvalue weighted by molar-refractivity contribution is 1.41. The van der Waals surface area contributed by atoms with Gasteiger partial charge in [0.2, 0.25) is 6.19 Å². The molecule has 0 aromatic heterocycles. The number of nitrogens with one attached hydrogen (secondary N) is 1. The molecular weight excluding hydrogens is 130 g/mol. The van der Waals surface area contributed by atoms with E-state index < -0.39 is 0 Å². The highest BCUT2D eigenvalue weighted by Gasteiger charge is 1.98. The molecule has 10 heavy (non-hydrogen) atoms. The Labute approximate surface area is 57.2 Å². The van der Waals surface area contributed by atoms with Crippen LogP contribution in [-0.4, -0.2) is 11.7 Å². The van der Waals surface area contributed by atoms with Crippen molar-refractivity contribution in [3.8, 4) is 12.3 Å². The van der Waals surface area contributed by atoms with Crippen LogP contribution in [0.3, 0.4) is 0 Å². The van der Waals surface area contributed by atoms with Crippen LogP contribution in [0.4, 0.5) is 0 Å². The van der Waals surface area contributed by atoms with Gasteiger partial charge in [-0.05, 0) is 0 Å². The van der Waals surface area contributed by atoms with E-state index in [1.165, 1.54) is 6.19 Å². The zero-order valence-corrected chi connectivity index (χ0v) is 4.92. The summed E-state index contributed by atoms with van der Waals surface area (Å²) in [5.41, 5.74) is 4.80. The van der Waals surface area contributed by atoms with Crippen LogP contribution >= 0.6 is 0 Å². The fraction of sp³-hybridized carbons (Fsp3) is 0. The standard InChI is InChI=1S/C5H3N5/c6-1-4(2-7)5(9)10-3-8/h6H,(H2,9,10). The number of aliphatic imine (C=N–C) groups is 1. The van der Waals surface area contributed by atoms with Crippen LogP contribution in [0, 0.1) is 28.2 Å². The van der Waals surface area contributed by atoms with Crippen LogP contribution in [0.25, 0.3) is 0 Å². The number of hydrogen-bond donors (Lipinski definition) is 2. The lowest BCUT2D eigenvalue weighted by atomic mass is 10.3. The van der Waals surface area contributed by atoms with Crippen molar-refractivity contribution in [2.75, 3.05) is 0 Å². The number of nitrogens with zero attached hydrogens (tertiary/aromatic N) is 3. The smallest absolute Gasteiger partial charge is 0.207 e. The molecule has 0 aromatic carbocycles. The highest BCUT2D eigenvalue weighted by atomic mass is 14.8. The number of nitrogens with two attached hydrogens (primary N) is 1. The lowest BCUT2D eigenvalue weighted by Gasteiger charge is -1.85. The molecule has 3 N–H and O–H groups in total. The van der Waals surface area contributed by atoms with Gasteiger partial charge in [0.25, 0.3) is 0 Å². The Balaban J connectivity index is 4.74. The van der Waals surface area contributed by atoms with Crippen LogP contribution < -0.4 is 5.73 Å². The fourth-order valence-corrected chi connectivity index (χ4v) is 0.259. The van der Waals surface area contributed by atoms with Gasteiger partial charge in [0.05, 0.1) is 0 Å². The second-order valence-corrected chi connectivity index (χ2v) is 1.21. The van der Waals surface area contributed by atoms with Crippen molar-refractivity contribution in [2.45, 2.75) is 0 Å². The van der Waals surface area contributed by atoms with Crippen LogP contribution in [0.15, 0.2) is 10.6 Å². The van der Waals surface area contributed by atoms with E-state index >= 15 is 0 Å². The van der Waals surface area contributed by atoms with E-state index in [-0.39, 0.29) is 11.4 Å². The molecule has 0 aliphatic heterocycles. The van der Waals surface area contributed by atoms with E-state index in [2.05, 4.69) is 4.99 Å². The minimum atomic E-state index is -0.278. The van der Waals surface area contributed by atoms with Gasteiger partial charge in [-0.25, -0.2) is 0 Å². The first-order valence-corrected chi connectivity index (χ1v) is 2.18. The molecule has 0 atom stereocenters. The molecule has 48 valence electrons. The fourth-order valence-electron chi connectivity index (χ4n) is 0.259. The van der Waals surface area contributed by atoms with Crippen LogP contribution in [-0.2, 0) is 0 Å². The summed E-state index contributed by atoms with van der Waals surface area (Å²) in [5.74, 6) is 1.46. The highest BCUT2D eigenvalue weighted by molar-refractivity contribution is 6.07. The SMILES string of the molecule is N#CN=C(N)C(=C=N)C#N. The van der Waals surface area contributed by atoms with Crippen molar-refractivity contribution in [2.24, 2.45) is 10.7 Å². The van der Waals surface area contributed by atoms with Crippen molar-refractivity contribution in [3.05, 3.63) is 5.57 Å². The second kappa shape index (κ2) is 3.85. The largest absolute Gasteiger partial charge is 0.381 e. The van der Waals surface area contributed by atoms with Gasteiger partial charge in [0.1, 0.15) is 6.07 Å². The minimum absolute atomic E-state index is 0.235. The normalized spacial score (nSPS) is 8.80. The van der Waals surface area contributed by atoms with Gasteiger partial charge in [-0.2, -0.15) is 15.5 Å². The van der Waals surface area contributed by atoms with Crippen molar-refractivity contribution in [1.29, 1.82) is 15.9 Å². The first-order valence-electron chi connectivity index (χ1n) is 2.18. The maximum atomic E-state index is 8.18. The van der Waals surface area contributed by atoms with E-state index in [0.717, 1.165) is 0 Å². The Morgan fingerprint density at radius 3 is 2.40 bits per heavy atom. The topological polar surface area (TPSA) is 110 Å². The Kier molecular flexibility index (Phi) is 3.04. The molecule has 0 unspecified atom stereocenters. The zero-order valence-electron chi connectivity index (χ0n) is 4.92. The average molecular weight is 133 g/mol. The summed E-state index contributed by atoms with van der Waals surface area (Å²) in [6.45, 7) is 0. The molecule has 0 saturated heterocycles. The number of nitriles is 2. The second-order valence-electron chi connectivity index (χ2n) is 1.21. The van der Waals surface area contributed by atoms with Crippen molar-refractivity contribution in [1.82, 2.24) is 0 Å². The Morgan fingerprint density at radius 1 is 1.50 bits per heavy atom.